The van der Waals surface area contributed by atoms with Gasteiger partial charge in [-0.15, -0.1) is 0 Å². The Morgan fingerprint density at radius 2 is 2.40 bits per heavy atom. The Morgan fingerprint density at radius 1 is 1.60 bits per heavy atom. The third-order valence-corrected chi connectivity index (χ3v) is 3.31. The first-order valence-electron chi connectivity index (χ1n) is 5.11. The maximum absolute atomic E-state index is 11.4. The number of nitrogens with one attached hydrogen (secondary N) is 1. The van der Waals surface area contributed by atoms with E-state index >= 15 is 0 Å². The molecule has 0 bridgehead atoms. The normalized spacial score (nSPS) is 39.5. The third kappa shape index (κ3) is 1.70. The minimum Gasteiger partial charge on any atom is -0.369 e. The minimum absolute atomic E-state index is 0.149. The predicted octanol–water partition coefficient (Wildman–Crippen LogP) is 0.166. The van der Waals surface area contributed by atoms with Crippen LogP contribution in [0.3, 0.4) is 0 Å². The first-order chi connectivity index (χ1) is 7.14. The molecule has 0 aromatic heterocycles. The molecule has 1 aliphatic heterocycles. The molecule has 1 fully saturated rings. The molecule has 4 heteroatoms. The molecule has 1 heterocycles. The van der Waals surface area contributed by atoms with Gasteiger partial charge in [-0.3, -0.25) is 10.1 Å². The molecule has 4 nitrogen and oxygen atoms in total. The second-order valence-electron chi connectivity index (χ2n) is 4.26. The van der Waals surface area contributed by atoms with Crippen molar-refractivity contribution in [3.05, 3.63) is 24.3 Å². The number of carbonyl (C=O) groups is 1. The van der Waals surface area contributed by atoms with Gasteiger partial charge in [-0.05, 0) is 0 Å². The predicted molar refractivity (Wildman–Crippen MR) is 56.8 cm³/mol. The van der Waals surface area contributed by atoms with Crippen molar-refractivity contribution in [2.24, 2.45) is 17.1 Å². The fourth-order valence-electron chi connectivity index (χ4n) is 2.28. The largest absolute Gasteiger partial charge is 0.369 e. The molecule has 3 unspecified atom stereocenters. The van der Waals surface area contributed by atoms with E-state index in [1.165, 1.54) is 0 Å². The summed E-state index contributed by atoms with van der Waals surface area (Å²) in [5, 5.41) is 3.24. The van der Waals surface area contributed by atoms with Gasteiger partial charge in [0.1, 0.15) is 0 Å². The van der Waals surface area contributed by atoms with E-state index in [0.717, 1.165) is 0 Å². The highest BCUT2D eigenvalue weighted by Crippen LogP contribution is 2.37. The minimum atomic E-state index is -0.285. The summed E-state index contributed by atoms with van der Waals surface area (Å²) in [6.45, 7) is 3.20. The van der Waals surface area contributed by atoms with Crippen LogP contribution in [0, 0.1) is 11.3 Å². The van der Waals surface area contributed by atoms with Crippen LogP contribution in [-0.2, 0) is 9.53 Å². The summed E-state index contributed by atoms with van der Waals surface area (Å²) < 4.78 is 5.28. The van der Waals surface area contributed by atoms with Crippen molar-refractivity contribution in [3.63, 3.8) is 0 Å². The quantitative estimate of drug-likeness (QED) is 0.679. The molecule has 0 radical (unpaired) electrons. The Labute approximate surface area is 89.2 Å². The summed E-state index contributed by atoms with van der Waals surface area (Å²) in [5.74, 6) is -0.548. The number of hydrogen-bond acceptors (Lipinski definition) is 3. The number of hydrogen-bond donors (Lipinski definition) is 2. The number of primary amides is 1. The number of ether oxygens (including phenoxy) is 1. The van der Waals surface area contributed by atoms with Gasteiger partial charge in [0.25, 0.3) is 0 Å². The van der Waals surface area contributed by atoms with Gasteiger partial charge in [0.05, 0.1) is 19.3 Å². The molecule has 0 spiro atoms. The highest BCUT2D eigenvalue weighted by atomic mass is 16.5. The number of carbonyl (C=O) groups excluding carboxylic acids is 1. The third-order valence-electron chi connectivity index (χ3n) is 3.31. The highest BCUT2D eigenvalue weighted by Gasteiger charge is 2.43. The lowest BCUT2D eigenvalue weighted by atomic mass is 9.69. The van der Waals surface area contributed by atoms with Crippen molar-refractivity contribution in [1.29, 1.82) is 0 Å². The number of allylic oxidation sites excluding steroid dienone is 2. The fourth-order valence-corrected chi connectivity index (χ4v) is 2.28. The molecule has 1 amide bonds. The summed E-state index contributed by atoms with van der Waals surface area (Å²) in [6.07, 6.45) is 7.73. The lowest BCUT2D eigenvalue weighted by Gasteiger charge is -2.37. The van der Waals surface area contributed by atoms with Gasteiger partial charge in [-0.1, -0.05) is 31.2 Å². The molecule has 15 heavy (non-hydrogen) atoms. The highest BCUT2D eigenvalue weighted by molar-refractivity contribution is 5.80. The zero-order valence-corrected chi connectivity index (χ0v) is 8.77. The topological polar surface area (TPSA) is 64.3 Å². The van der Waals surface area contributed by atoms with Crippen molar-refractivity contribution >= 4 is 5.91 Å². The summed E-state index contributed by atoms with van der Waals surface area (Å²) in [6, 6.07) is 0.149. The summed E-state index contributed by atoms with van der Waals surface area (Å²) >= 11 is 0. The molecule has 1 saturated heterocycles. The SMILES string of the molecule is CC1(C2COCN2)C=CC=CC1C(N)=O. The van der Waals surface area contributed by atoms with Crippen LogP contribution < -0.4 is 11.1 Å². The second kappa shape index (κ2) is 3.79. The van der Waals surface area contributed by atoms with Crippen LogP contribution in [0.5, 0.6) is 0 Å². The maximum atomic E-state index is 11.4. The van der Waals surface area contributed by atoms with Gasteiger partial charge >= 0.3 is 0 Å². The van der Waals surface area contributed by atoms with Crippen LogP contribution in [0.15, 0.2) is 24.3 Å². The van der Waals surface area contributed by atoms with Gasteiger partial charge < -0.3 is 10.5 Å². The van der Waals surface area contributed by atoms with E-state index in [2.05, 4.69) is 5.32 Å². The van der Waals surface area contributed by atoms with E-state index in [0.29, 0.717) is 13.3 Å². The smallest absolute Gasteiger partial charge is 0.225 e. The standard InChI is InChI=1S/C11H16N2O2/c1-11(9-6-15-7-13-9)5-3-2-4-8(11)10(12)14/h2-5,8-9,13H,6-7H2,1H3,(H2,12,14). The summed E-state index contributed by atoms with van der Waals surface area (Å²) in [7, 11) is 0. The molecular weight excluding hydrogens is 192 g/mol. The summed E-state index contributed by atoms with van der Waals surface area (Å²) in [5.41, 5.74) is 5.14. The van der Waals surface area contributed by atoms with E-state index in [4.69, 9.17) is 10.5 Å². The molecule has 0 saturated carbocycles. The van der Waals surface area contributed by atoms with Crippen LogP contribution in [0.1, 0.15) is 6.92 Å². The molecule has 2 aliphatic rings. The summed E-state index contributed by atoms with van der Waals surface area (Å²) in [4.78, 5) is 11.4. The Hall–Kier alpha value is -1.13. The molecule has 0 aromatic rings. The van der Waals surface area contributed by atoms with E-state index < -0.39 is 0 Å². The molecule has 3 N–H and O–H groups in total. The van der Waals surface area contributed by atoms with E-state index in [1.807, 2.05) is 31.2 Å². The van der Waals surface area contributed by atoms with E-state index in [1.54, 1.807) is 0 Å². The Morgan fingerprint density at radius 3 is 3.00 bits per heavy atom. The van der Waals surface area contributed by atoms with Gasteiger partial charge in [0, 0.05) is 11.5 Å². The average Bonchev–Trinajstić information content (AvgIpc) is 2.71. The van der Waals surface area contributed by atoms with Crippen molar-refractivity contribution in [1.82, 2.24) is 5.32 Å². The lowest BCUT2D eigenvalue weighted by molar-refractivity contribution is -0.123. The number of amides is 1. The van der Waals surface area contributed by atoms with Crippen molar-refractivity contribution in [2.45, 2.75) is 13.0 Å². The molecule has 3 atom stereocenters. The fraction of sp³-hybridized carbons (Fsp3) is 0.545. The van der Waals surface area contributed by atoms with Crippen LogP contribution in [-0.4, -0.2) is 25.3 Å². The van der Waals surface area contributed by atoms with Crippen LogP contribution in [0.2, 0.25) is 0 Å². The van der Waals surface area contributed by atoms with Gasteiger partial charge in [0.15, 0.2) is 0 Å². The second-order valence-corrected chi connectivity index (χ2v) is 4.26. The molecule has 0 aromatic carbocycles. The van der Waals surface area contributed by atoms with Crippen LogP contribution in [0.25, 0.3) is 0 Å². The molecule has 1 aliphatic carbocycles. The van der Waals surface area contributed by atoms with E-state index in [-0.39, 0.29) is 23.3 Å². The molecule has 2 rings (SSSR count). The zero-order chi connectivity index (χ0) is 10.9. The number of nitrogens with two attached hydrogens (primary N) is 1. The Bertz CT molecular complexity index is 319. The average molecular weight is 208 g/mol. The van der Waals surface area contributed by atoms with Crippen LogP contribution >= 0.6 is 0 Å². The van der Waals surface area contributed by atoms with Crippen molar-refractivity contribution < 1.29 is 9.53 Å². The first-order valence-corrected chi connectivity index (χ1v) is 5.11. The first kappa shape index (κ1) is 10.4. The maximum Gasteiger partial charge on any atom is 0.225 e. The number of rotatable bonds is 2. The van der Waals surface area contributed by atoms with Crippen LogP contribution in [0.4, 0.5) is 0 Å². The Kier molecular flexibility index (Phi) is 2.63. The van der Waals surface area contributed by atoms with Crippen molar-refractivity contribution in [3.8, 4) is 0 Å². The van der Waals surface area contributed by atoms with Crippen molar-refractivity contribution in [2.75, 3.05) is 13.3 Å². The Balaban J connectivity index is 2.26. The molecular formula is C11H16N2O2. The zero-order valence-electron chi connectivity index (χ0n) is 8.77. The lowest BCUT2D eigenvalue weighted by Crippen LogP contribution is -2.49. The van der Waals surface area contributed by atoms with Gasteiger partial charge in [0.2, 0.25) is 5.91 Å². The van der Waals surface area contributed by atoms with Gasteiger partial charge in [-0.2, -0.15) is 0 Å². The van der Waals surface area contributed by atoms with Gasteiger partial charge in [-0.25, -0.2) is 0 Å². The molecule has 82 valence electrons. The van der Waals surface area contributed by atoms with E-state index in [9.17, 15) is 4.79 Å². The monoisotopic (exact) mass is 208 g/mol.